The van der Waals surface area contributed by atoms with E-state index in [1.54, 1.807) is 36.0 Å². The van der Waals surface area contributed by atoms with Gasteiger partial charge in [-0.15, -0.1) is 37.2 Å². The van der Waals surface area contributed by atoms with Gasteiger partial charge in [-0.2, -0.15) is 5.10 Å². The fraction of sp³-hybridized carbons (Fsp3) is 0.320. The molecule has 2 aromatic carbocycles. The monoisotopic (exact) mass is 558 g/mol. The second-order valence-electron chi connectivity index (χ2n) is 8.39. The van der Waals surface area contributed by atoms with Crippen molar-refractivity contribution in [3.8, 4) is 11.3 Å². The van der Waals surface area contributed by atoms with Gasteiger partial charge in [0.25, 0.3) is 11.5 Å². The summed E-state index contributed by atoms with van der Waals surface area (Å²) in [7, 11) is 1.60. The molecule has 0 radical (unpaired) electrons. The van der Waals surface area contributed by atoms with E-state index in [1.807, 2.05) is 30.3 Å². The largest absolute Gasteiger partial charge is 0.355 e. The molecule has 0 spiro atoms. The predicted octanol–water partition coefficient (Wildman–Crippen LogP) is 5.20. The Morgan fingerprint density at radius 2 is 1.77 bits per heavy atom. The molecule has 1 amide bonds. The molecule has 35 heavy (non-hydrogen) atoms. The Morgan fingerprint density at radius 1 is 1.09 bits per heavy atom. The minimum absolute atomic E-state index is 0. The molecule has 4 rings (SSSR count). The Morgan fingerprint density at radius 3 is 2.40 bits per heavy atom. The summed E-state index contributed by atoms with van der Waals surface area (Å²) in [5, 5.41) is 8.01. The maximum absolute atomic E-state index is 12.7. The van der Waals surface area contributed by atoms with Gasteiger partial charge in [0.2, 0.25) is 0 Å². The lowest BCUT2D eigenvalue weighted by Gasteiger charge is -2.40. The van der Waals surface area contributed by atoms with Gasteiger partial charge in [-0.3, -0.25) is 9.59 Å². The van der Waals surface area contributed by atoms with Crippen molar-refractivity contribution in [1.82, 2.24) is 15.1 Å². The summed E-state index contributed by atoms with van der Waals surface area (Å²) in [6, 6.07) is 18.4. The third kappa shape index (κ3) is 6.57. The summed E-state index contributed by atoms with van der Waals surface area (Å²) >= 11 is 6.22. The minimum Gasteiger partial charge on any atom is -0.355 e. The Kier molecular flexibility index (Phi) is 11.7. The number of hydrogen-bond donors (Lipinski definition) is 2. The summed E-state index contributed by atoms with van der Waals surface area (Å²) in [4.78, 5) is 24.7. The number of nitrogens with two attached hydrogens (primary N) is 1. The molecule has 1 aromatic heterocycles. The van der Waals surface area contributed by atoms with Crippen molar-refractivity contribution >= 4 is 54.7 Å². The van der Waals surface area contributed by atoms with Crippen molar-refractivity contribution in [3.05, 3.63) is 87.2 Å². The van der Waals surface area contributed by atoms with Crippen molar-refractivity contribution in [3.63, 3.8) is 0 Å². The zero-order valence-corrected chi connectivity index (χ0v) is 22.5. The number of carbonyl (C=O) groups excluding carboxylic acids is 1. The molecule has 3 aromatic rings. The number of halogens is 4. The van der Waals surface area contributed by atoms with Crippen molar-refractivity contribution in [1.29, 1.82) is 0 Å². The number of amides is 1. The summed E-state index contributed by atoms with van der Waals surface area (Å²) in [6.07, 6.45) is 3.33. The molecular weight excluding hydrogens is 530 g/mol. The van der Waals surface area contributed by atoms with Crippen molar-refractivity contribution in [2.24, 2.45) is 5.73 Å². The number of carbonyl (C=O) groups is 1. The van der Waals surface area contributed by atoms with Gasteiger partial charge in [0.1, 0.15) is 0 Å². The average Bonchev–Trinajstić information content (AvgIpc) is 2.84. The van der Waals surface area contributed by atoms with E-state index in [9.17, 15) is 9.59 Å². The molecule has 1 saturated carbocycles. The van der Waals surface area contributed by atoms with Gasteiger partial charge in [-0.05, 0) is 61.6 Å². The minimum atomic E-state index is -0.161. The quantitative estimate of drug-likeness (QED) is 0.449. The maximum Gasteiger partial charge on any atom is 0.267 e. The van der Waals surface area contributed by atoms with Gasteiger partial charge in [0.05, 0.1) is 11.7 Å². The first-order valence-electron chi connectivity index (χ1n) is 10.8. The van der Waals surface area contributed by atoms with E-state index in [2.05, 4.69) is 16.5 Å². The summed E-state index contributed by atoms with van der Waals surface area (Å²) in [5.74, 6) is -0.161. The Bertz CT molecular complexity index is 1190. The number of benzene rings is 2. The zero-order valence-electron chi connectivity index (χ0n) is 19.3. The molecule has 0 atom stereocenters. The molecule has 3 N–H and O–H groups in total. The lowest BCUT2D eigenvalue weighted by molar-refractivity contribution is 0.0963. The molecular formula is C25H30Cl4N4O2. The van der Waals surface area contributed by atoms with Gasteiger partial charge in [-0.1, -0.05) is 35.9 Å². The van der Waals surface area contributed by atoms with Crippen LogP contribution in [0.5, 0.6) is 0 Å². The highest BCUT2D eigenvalue weighted by atomic mass is 35.5. The highest BCUT2D eigenvalue weighted by molar-refractivity contribution is 6.30. The third-order valence-electron chi connectivity index (χ3n) is 6.56. The van der Waals surface area contributed by atoms with Crippen molar-refractivity contribution in [2.75, 3.05) is 13.6 Å². The van der Waals surface area contributed by atoms with Gasteiger partial charge in [-0.25, -0.2) is 4.68 Å². The van der Waals surface area contributed by atoms with Crippen LogP contribution in [0.2, 0.25) is 5.02 Å². The molecule has 0 bridgehead atoms. The van der Waals surface area contributed by atoms with Crippen LogP contribution in [0, 0.1) is 0 Å². The third-order valence-corrected chi connectivity index (χ3v) is 6.79. The summed E-state index contributed by atoms with van der Waals surface area (Å²) in [5.41, 5.74) is 9.14. The summed E-state index contributed by atoms with van der Waals surface area (Å²) < 4.78 is 1.60. The molecule has 1 aliphatic rings. The Labute approximate surface area is 228 Å². The molecule has 190 valence electrons. The van der Waals surface area contributed by atoms with Crippen LogP contribution >= 0.6 is 48.8 Å². The zero-order chi connectivity index (χ0) is 22.7. The number of aromatic nitrogens is 2. The first-order valence-corrected chi connectivity index (χ1v) is 11.2. The van der Waals surface area contributed by atoms with Gasteiger partial charge >= 0.3 is 0 Å². The van der Waals surface area contributed by atoms with Crippen LogP contribution in [0.4, 0.5) is 0 Å². The predicted molar refractivity (Wildman–Crippen MR) is 149 cm³/mol. The molecule has 0 unspecified atom stereocenters. The highest BCUT2D eigenvalue weighted by Gasteiger charge is 2.37. The molecule has 10 heteroatoms. The summed E-state index contributed by atoms with van der Waals surface area (Å²) in [6.45, 7) is 0.536. The van der Waals surface area contributed by atoms with Crippen LogP contribution in [0.3, 0.4) is 0 Å². The molecule has 1 heterocycles. The second kappa shape index (κ2) is 13.3. The van der Waals surface area contributed by atoms with Crippen molar-refractivity contribution < 1.29 is 4.79 Å². The maximum atomic E-state index is 12.7. The molecule has 0 aliphatic heterocycles. The normalized spacial score (nSPS) is 18.9. The average molecular weight is 560 g/mol. The van der Waals surface area contributed by atoms with E-state index in [4.69, 9.17) is 17.3 Å². The number of hydrogen-bond acceptors (Lipinski definition) is 4. The molecule has 6 nitrogen and oxygen atoms in total. The fourth-order valence-corrected chi connectivity index (χ4v) is 4.82. The highest BCUT2D eigenvalue weighted by Crippen LogP contribution is 2.42. The lowest BCUT2D eigenvalue weighted by atomic mass is 9.68. The smallest absolute Gasteiger partial charge is 0.267 e. The topological polar surface area (TPSA) is 90.0 Å². The van der Waals surface area contributed by atoms with Crippen LogP contribution in [0.1, 0.15) is 47.6 Å². The Balaban J connectivity index is 0.00000204. The molecule has 0 saturated heterocycles. The standard InChI is InChI=1S/C25H27ClN4O2.3ClH/c1-28-24(32)18-5-2-4-17(14-18)22-8-9-23(31)30(29-22)21-10-12-25(16-27,13-11-21)19-6-3-7-20(26)15-19;;;/h2-9,14-15,21H,10-13,16,27H2,1H3,(H,28,32);3*1H. The Hall–Kier alpha value is -2.09. The van der Waals surface area contributed by atoms with Crippen LogP contribution in [-0.2, 0) is 5.41 Å². The SMILES string of the molecule is CNC(=O)c1cccc(-c2ccc(=O)n(C3CCC(CN)(c4cccc(Cl)c4)CC3)n2)c1.Cl.Cl.Cl. The first-order chi connectivity index (χ1) is 15.5. The van der Waals surface area contributed by atoms with E-state index < -0.39 is 0 Å². The van der Waals surface area contributed by atoms with E-state index in [0.717, 1.165) is 36.8 Å². The van der Waals surface area contributed by atoms with Gasteiger partial charge in [0, 0.05) is 41.2 Å². The van der Waals surface area contributed by atoms with E-state index >= 15 is 0 Å². The van der Waals surface area contributed by atoms with Crippen LogP contribution < -0.4 is 16.6 Å². The number of nitrogens with zero attached hydrogens (tertiary/aromatic N) is 2. The second-order valence-corrected chi connectivity index (χ2v) is 8.82. The fourth-order valence-electron chi connectivity index (χ4n) is 4.63. The van der Waals surface area contributed by atoms with E-state index in [1.165, 1.54) is 0 Å². The van der Waals surface area contributed by atoms with Crippen LogP contribution in [-0.4, -0.2) is 29.3 Å². The lowest BCUT2D eigenvalue weighted by Crippen LogP contribution is -2.41. The van der Waals surface area contributed by atoms with Crippen LogP contribution in [0.15, 0.2) is 65.5 Å². The number of nitrogens with one attached hydrogen (secondary N) is 1. The van der Waals surface area contributed by atoms with Gasteiger partial charge in [0.15, 0.2) is 0 Å². The van der Waals surface area contributed by atoms with E-state index in [0.29, 0.717) is 22.8 Å². The molecule has 1 aliphatic carbocycles. The number of rotatable bonds is 5. The molecule has 1 fully saturated rings. The van der Waals surface area contributed by atoms with E-state index in [-0.39, 0.29) is 60.1 Å². The van der Waals surface area contributed by atoms with Gasteiger partial charge < -0.3 is 11.1 Å². The first kappa shape index (κ1) is 30.9. The van der Waals surface area contributed by atoms with Crippen LogP contribution in [0.25, 0.3) is 11.3 Å². The van der Waals surface area contributed by atoms with Crippen molar-refractivity contribution in [2.45, 2.75) is 37.1 Å².